The lowest BCUT2D eigenvalue weighted by atomic mass is 10.1. The minimum absolute atomic E-state index is 0.0246. The van der Waals surface area contributed by atoms with E-state index in [4.69, 9.17) is 9.47 Å². The number of ether oxygens (including phenoxy) is 2. The fourth-order valence-corrected chi connectivity index (χ4v) is 4.07. The molecular weight excluding hydrogens is 424 g/mol. The second-order valence-electron chi connectivity index (χ2n) is 7.98. The quantitative estimate of drug-likeness (QED) is 0.587. The third-order valence-electron chi connectivity index (χ3n) is 5.82. The summed E-state index contributed by atoms with van der Waals surface area (Å²) in [5.74, 6) is 1.10. The normalized spacial score (nSPS) is 17.0. The average molecular weight is 453 g/mol. The smallest absolute Gasteiger partial charge is 0.269 e. The molecule has 33 heavy (non-hydrogen) atoms. The van der Waals surface area contributed by atoms with Crippen LogP contribution in [0.3, 0.4) is 0 Å². The molecule has 3 heterocycles. The van der Waals surface area contributed by atoms with E-state index in [-0.39, 0.29) is 23.6 Å². The van der Waals surface area contributed by atoms with Crippen LogP contribution in [0, 0.1) is 0 Å². The highest BCUT2D eigenvalue weighted by molar-refractivity contribution is 5.92. The molecule has 0 bridgehead atoms. The average Bonchev–Trinajstić information content (AvgIpc) is 3.27. The number of rotatable bonds is 6. The highest BCUT2D eigenvalue weighted by Gasteiger charge is 2.32. The molecule has 1 aliphatic rings. The van der Waals surface area contributed by atoms with Gasteiger partial charge in [0.2, 0.25) is 0 Å². The van der Waals surface area contributed by atoms with Gasteiger partial charge in [-0.3, -0.25) is 14.7 Å². The lowest BCUT2D eigenvalue weighted by Crippen LogP contribution is -2.56. The highest BCUT2D eigenvalue weighted by Crippen LogP contribution is 2.29. The molecule has 4 rings (SSSR count). The first-order chi connectivity index (χ1) is 15.9. The Balaban J connectivity index is 1.43. The first kappa shape index (κ1) is 22.4. The maximum atomic E-state index is 13.2. The number of piperazine rings is 1. The van der Waals surface area contributed by atoms with E-state index in [0.717, 1.165) is 16.7 Å². The number of carbonyl (C=O) groups excluding carboxylic acids is 2. The fraction of sp³-hybridized carbons (Fsp3) is 0.391. The van der Waals surface area contributed by atoms with Crippen molar-refractivity contribution in [2.75, 3.05) is 38.7 Å². The molecule has 0 spiro atoms. The van der Waals surface area contributed by atoms with Crippen molar-refractivity contribution in [3.05, 3.63) is 42.2 Å². The Morgan fingerprint density at radius 3 is 2.76 bits per heavy atom. The summed E-state index contributed by atoms with van der Waals surface area (Å²) in [4.78, 5) is 33.1. The van der Waals surface area contributed by atoms with Crippen molar-refractivity contribution >= 4 is 28.5 Å². The number of pyridine rings is 1. The Bertz CT molecular complexity index is 1160. The van der Waals surface area contributed by atoms with Crippen LogP contribution in [0.1, 0.15) is 24.3 Å². The number of para-hydroxylation sites is 1. The molecule has 0 saturated carbocycles. The summed E-state index contributed by atoms with van der Waals surface area (Å²) in [6.45, 7) is 5.61. The van der Waals surface area contributed by atoms with Crippen molar-refractivity contribution in [2.24, 2.45) is 0 Å². The van der Waals surface area contributed by atoms with Crippen LogP contribution < -0.4 is 19.7 Å². The van der Waals surface area contributed by atoms with Gasteiger partial charge in [-0.1, -0.05) is 12.1 Å². The van der Waals surface area contributed by atoms with Crippen LogP contribution in [-0.2, 0) is 4.79 Å². The molecule has 2 amide bonds. The van der Waals surface area contributed by atoms with Crippen molar-refractivity contribution in [1.82, 2.24) is 25.4 Å². The van der Waals surface area contributed by atoms with E-state index < -0.39 is 6.10 Å². The summed E-state index contributed by atoms with van der Waals surface area (Å²) in [5, 5.41) is 11.1. The zero-order valence-corrected chi connectivity index (χ0v) is 19.2. The molecule has 2 N–H and O–H groups in total. The number of anilines is 1. The topological polar surface area (TPSA) is 113 Å². The number of methoxy groups -OCH3 is 1. The van der Waals surface area contributed by atoms with Gasteiger partial charge in [-0.05, 0) is 26.0 Å². The third kappa shape index (κ3) is 4.41. The van der Waals surface area contributed by atoms with E-state index in [1.807, 2.05) is 36.1 Å². The summed E-state index contributed by atoms with van der Waals surface area (Å²) >= 11 is 0. The molecule has 1 aliphatic heterocycles. The first-order valence-electron chi connectivity index (χ1n) is 10.8. The molecule has 174 valence electrons. The first-order valence-corrected chi connectivity index (χ1v) is 10.8. The molecule has 0 unspecified atom stereocenters. The molecule has 2 aromatic heterocycles. The van der Waals surface area contributed by atoms with Gasteiger partial charge in [-0.2, -0.15) is 5.10 Å². The Morgan fingerprint density at radius 1 is 1.24 bits per heavy atom. The molecule has 1 fully saturated rings. The summed E-state index contributed by atoms with van der Waals surface area (Å²) in [6.07, 6.45) is 0.656. The van der Waals surface area contributed by atoms with E-state index in [0.29, 0.717) is 31.1 Å². The van der Waals surface area contributed by atoms with Gasteiger partial charge >= 0.3 is 0 Å². The number of aromatic nitrogens is 3. The number of hydrogen-bond acceptors (Lipinski definition) is 7. The van der Waals surface area contributed by atoms with Gasteiger partial charge < -0.3 is 24.6 Å². The number of aromatic amines is 1. The highest BCUT2D eigenvalue weighted by atomic mass is 16.5. The van der Waals surface area contributed by atoms with Gasteiger partial charge in [0.1, 0.15) is 5.69 Å². The van der Waals surface area contributed by atoms with Gasteiger partial charge in [-0.15, -0.1) is 0 Å². The lowest BCUT2D eigenvalue weighted by Gasteiger charge is -2.41. The van der Waals surface area contributed by atoms with Crippen LogP contribution in [-0.4, -0.2) is 77.8 Å². The van der Waals surface area contributed by atoms with Crippen LogP contribution in [0.15, 0.2) is 36.5 Å². The zero-order chi connectivity index (χ0) is 23.5. The maximum Gasteiger partial charge on any atom is 0.269 e. The monoisotopic (exact) mass is 452 g/mol. The maximum absolute atomic E-state index is 13.2. The Morgan fingerprint density at radius 2 is 2.03 bits per heavy atom. The van der Waals surface area contributed by atoms with E-state index in [1.54, 1.807) is 6.92 Å². The van der Waals surface area contributed by atoms with Crippen molar-refractivity contribution in [2.45, 2.75) is 26.0 Å². The zero-order valence-electron chi connectivity index (χ0n) is 19.2. The lowest BCUT2D eigenvalue weighted by molar-refractivity contribution is -0.140. The van der Waals surface area contributed by atoms with E-state index >= 15 is 0 Å². The number of amides is 2. The number of benzene rings is 1. The predicted octanol–water partition coefficient (Wildman–Crippen LogP) is 1.83. The predicted molar refractivity (Wildman–Crippen MR) is 124 cm³/mol. The summed E-state index contributed by atoms with van der Waals surface area (Å²) in [6, 6.07) is 9.47. The van der Waals surface area contributed by atoms with Gasteiger partial charge in [0.05, 0.1) is 18.8 Å². The fourth-order valence-electron chi connectivity index (χ4n) is 4.07. The molecule has 0 aliphatic carbocycles. The molecule has 2 atom stereocenters. The Kier molecular flexibility index (Phi) is 6.34. The van der Waals surface area contributed by atoms with Crippen LogP contribution in [0.2, 0.25) is 0 Å². The second kappa shape index (κ2) is 9.35. The summed E-state index contributed by atoms with van der Waals surface area (Å²) in [7, 11) is 3.00. The molecule has 10 nitrogen and oxygen atoms in total. The number of nitrogens with one attached hydrogen (secondary N) is 2. The number of hydrogen-bond donors (Lipinski definition) is 2. The number of fused-ring (bicyclic) bond motifs is 1. The van der Waals surface area contributed by atoms with Gasteiger partial charge in [0, 0.05) is 44.2 Å². The van der Waals surface area contributed by atoms with Crippen LogP contribution >= 0.6 is 0 Å². The standard InChI is InChI=1S/C23H28N6O4/c1-14-13-28(21-16-7-5-6-8-17(16)26-27-21)9-10-29(14)23(31)15(2)33-20-12-25-18(22(30)24-3)11-19(20)32-4/h5-8,11-12,14-15H,9-10,13H2,1-4H3,(H,24,30)(H,26,27)/t14-,15+/m1/s1. The molecule has 10 heteroatoms. The van der Waals surface area contributed by atoms with Crippen molar-refractivity contribution in [1.29, 1.82) is 0 Å². The molecule has 1 aromatic carbocycles. The number of carbonyl (C=O) groups is 2. The number of nitrogens with zero attached hydrogens (tertiary/aromatic N) is 4. The Labute approximate surface area is 191 Å². The second-order valence-corrected chi connectivity index (χ2v) is 7.98. The van der Waals surface area contributed by atoms with Crippen LogP contribution in [0.5, 0.6) is 11.5 Å². The van der Waals surface area contributed by atoms with Crippen molar-refractivity contribution in [3.8, 4) is 11.5 Å². The number of H-pyrrole nitrogens is 1. The summed E-state index contributed by atoms with van der Waals surface area (Å²) in [5.41, 5.74) is 1.20. The van der Waals surface area contributed by atoms with E-state index in [2.05, 4.69) is 25.4 Å². The minimum atomic E-state index is -0.744. The van der Waals surface area contributed by atoms with E-state index in [9.17, 15) is 9.59 Å². The van der Waals surface area contributed by atoms with Crippen molar-refractivity contribution in [3.63, 3.8) is 0 Å². The van der Waals surface area contributed by atoms with E-state index in [1.165, 1.54) is 26.4 Å². The van der Waals surface area contributed by atoms with Gasteiger partial charge in [0.25, 0.3) is 11.8 Å². The molecular formula is C23H28N6O4. The molecule has 3 aromatic rings. The minimum Gasteiger partial charge on any atom is -0.493 e. The van der Waals surface area contributed by atoms with Crippen molar-refractivity contribution < 1.29 is 19.1 Å². The van der Waals surface area contributed by atoms with Crippen LogP contribution in [0.25, 0.3) is 10.9 Å². The largest absolute Gasteiger partial charge is 0.493 e. The SMILES string of the molecule is CNC(=O)c1cc(OC)c(O[C@@H](C)C(=O)N2CCN(c3n[nH]c4ccccc34)C[C@H]2C)cn1. The molecule has 1 saturated heterocycles. The molecule has 0 radical (unpaired) electrons. The van der Waals surface area contributed by atoms with Crippen LogP contribution in [0.4, 0.5) is 5.82 Å². The third-order valence-corrected chi connectivity index (χ3v) is 5.82. The summed E-state index contributed by atoms with van der Waals surface area (Å²) < 4.78 is 11.2. The van der Waals surface area contributed by atoms with Gasteiger partial charge in [-0.25, -0.2) is 4.98 Å². The Hall–Kier alpha value is -3.82. The van der Waals surface area contributed by atoms with Gasteiger partial charge in [0.15, 0.2) is 23.4 Å².